The van der Waals surface area contributed by atoms with Crippen molar-refractivity contribution in [2.24, 2.45) is 4.99 Å². The molecule has 0 saturated heterocycles. The SMILES string of the molecule is C=C(CC1=NCCO1)NC(=O)OC(C)(C)C. The van der Waals surface area contributed by atoms with Crippen LogP contribution in [0.5, 0.6) is 0 Å². The second kappa shape index (κ2) is 5.01. The van der Waals surface area contributed by atoms with Gasteiger partial charge in [-0.25, -0.2) is 4.79 Å². The van der Waals surface area contributed by atoms with E-state index in [1.165, 1.54) is 0 Å². The van der Waals surface area contributed by atoms with Crippen LogP contribution in [0.3, 0.4) is 0 Å². The summed E-state index contributed by atoms with van der Waals surface area (Å²) in [6.07, 6.45) is -0.0877. The van der Waals surface area contributed by atoms with Crippen molar-refractivity contribution in [2.45, 2.75) is 32.8 Å². The Bertz CT molecular complexity index is 316. The standard InChI is InChI=1S/C11H18N2O3/c1-8(7-9-12-5-6-15-9)13-10(14)16-11(2,3)4/h1,5-7H2,2-4H3,(H,13,14). The summed E-state index contributed by atoms with van der Waals surface area (Å²) in [7, 11) is 0. The van der Waals surface area contributed by atoms with Gasteiger partial charge in [0.2, 0.25) is 0 Å². The molecular weight excluding hydrogens is 208 g/mol. The van der Waals surface area contributed by atoms with Gasteiger partial charge in [-0.05, 0) is 20.8 Å². The lowest BCUT2D eigenvalue weighted by molar-refractivity contribution is 0.0545. The molecule has 1 rings (SSSR count). The topological polar surface area (TPSA) is 59.9 Å². The van der Waals surface area contributed by atoms with E-state index in [2.05, 4.69) is 16.9 Å². The molecule has 90 valence electrons. The summed E-state index contributed by atoms with van der Waals surface area (Å²) in [5.74, 6) is 0.612. The molecule has 0 saturated carbocycles. The molecule has 16 heavy (non-hydrogen) atoms. The van der Waals surface area contributed by atoms with Gasteiger partial charge in [0, 0.05) is 5.70 Å². The van der Waals surface area contributed by atoms with Gasteiger partial charge in [0.05, 0.1) is 13.0 Å². The summed E-state index contributed by atoms with van der Waals surface area (Å²) in [6.45, 7) is 10.4. The van der Waals surface area contributed by atoms with Crippen LogP contribution in [0.25, 0.3) is 0 Å². The number of ether oxygens (including phenoxy) is 2. The molecule has 0 radical (unpaired) electrons. The van der Waals surface area contributed by atoms with Gasteiger partial charge in [0.1, 0.15) is 12.2 Å². The molecule has 0 aromatic heterocycles. The number of hydrogen-bond acceptors (Lipinski definition) is 4. The predicted octanol–water partition coefficient (Wildman–Crippen LogP) is 1.84. The minimum atomic E-state index is -0.508. The minimum Gasteiger partial charge on any atom is -0.479 e. The highest BCUT2D eigenvalue weighted by molar-refractivity contribution is 5.81. The smallest absolute Gasteiger partial charge is 0.411 e. The first-order valence-electron chi connectivity index (χ1n) is 5.21. The van der Waals surface area contributed by atoms with Crippen molar-refractivity contribution in [3.63, 3.8) is 0 Å². The zero-order chi connectivity index (χ0) is 12.2. The Morgan fingerprint density at radius 2 is 2.31 bits per heavy atom. The molecule has 0 spiro atoms. The van der Waals surface area contributed by atoms with Gasteiger partial charge in [-0.3, -0.25) is 10.3 Å². The fraction of sp³-hybridized carbons (Fsp3) is 0.636. The van der Waals surface area contributed by atoms with Crippen molar-refractivity contribution in [1.82, 2.24) is 5.32 Å². The summed E-state index contributed by atoms with van der Waals surface area (Å²) in [4.78, 5) is 15.5. The largest absolute Gasteiger partial charge is 0.479 e. The van der Waals surface area contributed by atoms with Crippen molar-refractivity contribution in [3.05, 3.63) is 12.3 Å². The molecule has 5 heteroatoms. The molecule has 0 fully saturated rings. The maximum atomic E-state index is 11.4. The molecule has 1 heterocycles. The average molecular weight is 226 g/mol. The Morgan fingerprint density at radius 3 is 2.81 bits per heavy atom. The summed E-state index contributed by atoms with van der Waals surface area (Å²) >= 11 is 0. The van der Waals surface area contributed by atoms with Gasteiger partial charge in [-0.15, -0.1) is 0 Å². The van der Waals surface area contributed by atoms with Gasteiger partial charge >= 0.3 is 6.09 Å². The number of hydrogen-bond donors (Lipinski definition) is 1. The van der Waals surface area contributed by atoms with Crippen LogP contribution in [-0.4, -0.2) is 30.7 Å². The maximum Gasteiger partial charge on any atom is 0.411 e. The lowest BCUT2D eigenvalue weighted by Crippen LogP contribution is -2.32. The van der Waals surface area contributed by atoms with Crippen LogP contribution in [0.2, 0.25) is 0 Å². The van der Waals surface area contributed by atoms with Gasteiger partial charge in [0.25, 0.3) is 0 Å². The molecule has 0 bridgehead atoms. The zero-order valence-corrected chi connectivity index (χ0v) is 10.0. The first kappa shape index (κ1) is 12.5. The molecule has 0 aromatic carbocycles. The van der Waals surface area contributed by atoms with E-state index in [4.69, 9.17) is 9.47 Å². The van der Waals surface area contributed by atoms with Crippen molar-refractivity contribution in [2.75, 3.05) is 13.2 Å². The highest BCUT2D eigenvalue weighted by atomic mass is 16.6. The molecule has 1 aliphatic rings. The third-order valence-corrected chi connectivity index (χ3v) is 1.69. The number of alkyl carbamates (subject to hydrolysis) is 1. The third kappa shape index (κ3) is 4.82. The van der Waals surface area contributed by atoms with Crippen molar-refractivity contribution in [3.8, 4) is 0 Å². The lowest BCUT2D eigenvalue weighted by Gasteiger charge is -2.20. The molecular formula is C11H18N2O3. The Kier molecular flexibility index (Phi) is 3.93. The first-order valence-corrected chi connectivity index (χ1v) is 5.21. The van der Waals surface area contributed by atoms with Gasteiger partial charge in [-0.2, -0.15) is 0 Å². The fourth-order valence-corrected chi connectivity index (χ4v) is 1.16. The third-order valence-electron chi connectivity index (χ3n) is 1.69. The predicted molar refractivity (Wildman–Crippen MR) is 61.4 cm³/mol. The van der Waals surface area contributed by atoms with E-state index in [1.807, 2.05) is 0 Å². The molecule has 0 atom stereocenters. The van der Waals surface area contributed by atoms with E-state index < -0.39 is 11.7 Å². The van der Waals surface area contributed by atoms with Crippen LogP contribution < -0.4 is 5.32 Å². The van der Waals surface area contributed by atoms with E-state index >= 15 is 0 Å². The van der Waals surface area contributed by atoms with Crippen molar-refractivity contribution in [1.29, 1.82) is 0 Å². The van der Waals surface area contributed by atoms with Gasteiger partial charge < -0.3 is 9.47 Å². The Balaban J connectivity index is 2.31. The number of carbonyl (C=O) groups excluding carboxylic acids is 1. The molecule has 0 unspecified atom stereocenters. The van der Waals surface area contributed by atoms with E-state index in [1.54, 1.807) is 20.8 Å². The quantitative estimate of drug-likeness (QED) is 0.798. The summed E-state index contributed by atoms with van der Waals surface area (Å²) < 4.78 is 10.3. The Hall–Kier alpha value is -1.52. The molecule has 1 N–H and O–H groups in total. The molecule has 1 amide bonds. The normalized spacial score (nSPS) is 15.1. The number of aliphatic imine (C=N–C) groups is 1. The fourth-order valence-electron chi connectivity index (χ4n) is 1.16. The zero-order valence-electron chi connectivity index (χ0n) is 10.0. The Morgan fingerprint density at radius 1 is 1.62 bits per heavy atom. The van der Waals surface area contributed by atoms with Crippen molar-refractivity contribution < 1.29 is 14.3 Å². The molecule has 1 aliphatic heterocycles. The van der Waals surface area contributed by atoms with E-state index in [0.717, 1.165) is 0 Å². The Labute approximate surface area is 95.5 Å². The molecule has 5 nitrogen and oxygen atoms in total. The van der Waals surface area contributed by atoms with Crippen molar-refractivity contribution >= 4 is 12.0 Å². The number of carbonyl (C=O) groups is 1. The van der Waals surface area contributed by atoms with Crippen LogP contribution >= 0.6 is 0 Å². The summed E-state index contributed by atoms with van der Waals surface area (Å²) in [5, 5.41) is 2.55. The maximum absolute atomic E-state index is 11.4. The number of nitrogens with one attached hydrogen (secondary N) is 1. The highest BCUT2D eigenvalue weighted by Crippen LogP contribution is 2.08. The minimum absolute atomic E-state index is 0.416. The van der Waals surface area contributed by atoms with Crippen LogP contribution in [-0.2, 0) is 9.47 Å². The number of nitrogens with zero attached hydrogens (tertiary/aromatic N) is 1. The second-order valence-corrected chi connectivity index (χ2v) is 4.53. The molecule has 0 aromatic rings. The van der Waals surface area contributed by atoms with Crippen LogP contribution in [0, 0.1) is 0 Å². The second-order valence-electron chi connectivity index (χ2n) is 4.53. The summed E-state index contributed by atoms with van der Waals surface area (Å²) in [6, 6.07) is 0. The van der Waals surface area contributed by atoms with Gasteiger partial charge in [-0.1, -0.05) is 6.58 Å². The van der Waals surface area contributed by atoms with Crippen LogP contribution in [0.4, 0.5) is 4.79 Å². The number of rotatable bonds is 3. The lowest BCUT2D eigenvalue weighted by atomic mass is 10.2. The monoisotopic (exact) mass is 226 g/mol. The molecule has 0 aliphatic carbocycles. The average Bonchev–Trinajstić information content (AvgIpc) is 2.51. The van der Waals surface area contributed by atoms with E-state index in [0.29, 0.717) is 31.2 Å². The van der Waals surface area contributed by atoms with Crippen LogP contribution in [0.15, 0.2) is 17.3 Å². The first-order chi connectivity index (χ1) is 7.37. The van der Waals surface area contributed by atoms with Gasteiger partial charge in [0.15, 0.2) is 5.90 Å². The summed E-state index contributed by atoms with van der Waals surface area (Å²) in [5.41, 5.74) is 0.0149. The van der Waals surface area contributed by atoms with E-state index in [-0.39, 0.29) is 0 Å². The highest BCUT2D eigenvalue weighted by Gasteiger charge is 2.17. The number of amides is 1. The van der Waals surface area contributed by atoms with E-state index in [9.17, 15) is 4.79 Å². The van der Waals surface area contributed by atoms with Crippen LogP contribution in [0.1, 0.15) is 27.2 Å².